The van der Waals surface area contributed by atoms with E-state index in [9.17, 15) is 4.79 Å². The summed E-state index contributed by atoms with van der Waals surface area (Å²) in [7, 11) is 1.95. The zero-order chi connectivity index (χ0) is 19.9. The number of hydrogen-bond acceptors (Lipinski definition) is 4. The smallest absolute Gasteiger partial charge is 0.560 e. The normalized spacial score (nSPS) is 15.0. The molecule has 0 fully saturated rings. The van der Waals surface area contributed by atoms with Gasteiger partial charge < -0.3 is 26.4 Å². The van der Waals surface area contributed by atoms with Gasteiger partial charge in [-0.2, -0.15) is 0 Å². The first-order valence-electron chi connectivity index (χ1n) is 9.22. The van der Waals surface area contributed by atoms with Gasteiger partial charge in [0.05, 0.1) is 24.0 Å². The van der Waals surface area contributed by atoms with Crippen molar-refractivity contribution in [2.45, 2.75) is 26.3 Å². The third-order valence-electron chi connectivity index (χ3n) is 4.36. The van der Waals surface area contributed by atoms with Crippen molar-refractivity contribution in [1.82, 2.24) is 10.3 Å². The van der Waals surface area contributed by atoms with E-state index in [2.05, 4.69) is 26.8 Å². The maximum Gasteiger partial charge on any atom is 1.00 e. The van der Waals surface area contributed by atoms with Crippen LogP contribution in [0.25, 0.3) is 0 Å². The van der Waals surface area contributed by atoms with Crippen LogP contribution in [0.3, 0.4) is 0 Å². The van der Waals surface area contributed by atoms with Crippen molar-refractivity contribution < 1.29 is 60.8 Å². The van der Waals surface area contributed by atoms with E-state index in [1.165, 1.54) is 0 Å². The van der Waals surface area contributed by atoms with Crippen molar-refractivity contribution >= 4 is 23.5 Å². The van der Waals surface area contributed by atoms with Crippen molar-refractivity contribution in [3.05, 3.63) is 78.4 Å². The molecular formula is C22H24KN5O. The van der Waals surface area contributed by atoms with Gasteiger partial charge in [0.25, 0.3) is 5.91 Å². The molecule has 0 aliphatic carbocycles. The van der Waals surface area contributed by atoms with Crippen molar-refractivity contribution in [2.24, 2.45) is 4.99 Å². The number of nitrogens with one attached hydrogen (secondary N) is 2. The molecule has 0 saturated heterocycles. The predicted molar refractivity (Wildman–Crippen MR) is 111 cm³/mol. The van der Waals surface area contributed by atoms with Crippen LogP contribution in [-0.2, 0) is 6.42 Å². The Labute approximate surface area is 214 Å². The Morgan fingerprint density at radius 1 is 1.38 bits per heavy atom. The van der Waals surface area contributed by atoms with Gasteiger partial charge in [-0.05, 0) is 42.7 Å². The summed E-state index contributed by atoms with van der Waals surface area (Å²) in [6, 6.07) is 9.63. The van der Waals surface area contributed by atoms with Gasteiger partial charge in [-0.1, -0.05) is 19.1 Å². The molecule has 3 rings (SSSR count). The van der Waals surface area contributed by atoms with Crippen LogP contribution in [0.15, 0.2) is 53.9 Å². The van der Waals surface area contributed by atoms with Gasteiger partial charge in [-0.25, -0.2) is 0 Å². The standard InChI is InChI=1S/C22H24N5O.K/c1-4-17-10-19(13-23-12-17)22(28)26-20-7-5-6-18(11-20)16(2)24-8-9-25-21-14-27(3)15-21;/h5-7,9-16,24H,4H2,1-3H3,(H,26,28);/q-1;+1. The Morgan fingerprint density at radius 2 is 2.17 bits per heavy atom. The summed E-state index contributed by atoms with van der Waals surface area (Å²) in [5.41, 5.74) is 4.28. The van der Waals surface area contributed by atoms with Crippen molar-refractivity contribution in [3.63, 3.8) is 0 Å². The van der Waals surface area contributed by atoms with Crippen LogP contribution in [0.4, 0.5) is 5.69 Å². The number of benzene rings is 1. The summed E-state index contributed by atoms with van der Waals surface area (Å²) in [6.45, 7) is 5.99. The fourth-order valence-corrected chi connectivity index (χ4v) is 2.72. The number of aliphatic imine (C=N–C) groups is 1. The Morgan fingerprint density at radius 3 is 2.90 bits per heavy atom. The summed E-state index contributed by atoms with van der Waals surface area (Å²) < 4.78 is 1.94. The molecule has 1 atom stereocenters. The third kappa shape index (κ3) is 6.90. The van der Waals surface area contributed by atoms with E-state index in [1.807, 2.05) is 68.6 Å². The predicted octanol–water partition coefficient (Wildman–Crippen LogP) is 0.155. The summed E-state index contributed by atoms with van der Waals surface area (Å²) in [4.78, 5) is 20.9. The second kappa shape index (κ2) is 11.4. The SMILES string of the molecule is CCc1cncc(C(=O)Nc2cccc(C(C)N[C-]=CN=C3C=[N+](C)[CH-]3)c2)c1.[K+]. The molecule has 6 nitrogen and oxygen atoms in total. The molecule has 1 aromatic carbocycles. The second-order valence-corrected chi connectivity index (χ2v) is 6.63. The van der Waals surface area contributed by atoms with Crippen LogP contribution >= 0.6 is 0 Å². The summed E-state index contributed by atoms with van der Waals surface area (Å²) in [6.07, 6.45) is 10.7. The number of rotatable bonds is 7. The van der Waals surface area contributed by atoms with Crippen LogP contribution in [0.1, 0.15) is 41.4 Å². The molecule has 2 N–H and O–H groups in total. The van der Waals surface area contributed by atoms with E-state index in [0.717, 1.165) is 28.9 Å². The Balaban J connectivity index is 0.00000300. The van der Waals surface area contributed by atoms with Gasteiger partial charge >= 0.3 is 51.4 Å². The molecule has 0 radical (unpaired) electrons. The van der Waals surface area contributed by atoms with Crippen LogP contribution in [0, 0.1) is 12.7 Å². The molecule has 7 heteroatoms. The number of amides is 1. The molecule has 0 spiro atoms. The zero-order valence-electron chi connectivity index (χ0n) is 17.3. The molecule has 2 aromatic rings. The zero-order valence-corrected chi connectivity index (χ0v) is 20.4. The number of carbonyl (C=O) groups is 1. The van der Waals surface area contributed by atoms with Gasteiger partial charge in [0.1, 0.15) is 7.05 Å². The first-order valence-corrected chi connectivity index (χ1v) is 9.22. The van der Waals surface area contributed by atoms with Gasteiger partial charge in [-0.3, -0.25) is 9.78 Å². The molecular weight excluding hydrogens is 389 g/mol. The minimum atomic E-state index is -0.166. The van der Waals surface area contributed by atoms with E-state index in [0.29, 0.717) is 5.56 Å². The number of pyridine rings is 1. The molecule has 1 unspecified atom stereocenters. The summed E-state index contributed by atoms with van der Waals surface area (Å²) >= 11 is 0. The van der Waals surface area contributed by atoms with E-state index < -0.39 is 0 Å². The third-order valence-corrected chi connectivity index (χ3v) is 4.36. The Bertz CT molecular complexity index is 952. The van der Waals surface area contributed by atoms with E-state index >= 15 is 0 Å². The van der Waals surface area contributed by atoms with Crippen molar-refractivity contribution in [3.8, 4) is 0 Å². The molecule has 29 heavy (non-hydrogen) atoms. The average Bonchev–Trinajstić information content (AvgIpc) is 2.69. The van der Waals surface area contributed by atoms with Crippen molar-refractivity contribution in [2.75, 3.05) is 12.4 Å². The maximum absolute atomic E-state index is 12.5. The van der Waals surface area contributed by atoms with E-state index in [4.69, 9.17) is 0 Å². The van der Waals surface area contributed by atoms with Gasteiger partial charge in [0.2, 0.25) is 0 Å². The molecule has 1 aliphatic heterocycles. The fraction of sp³-hybridized carbons (Fsp3) is 0.227. The number of aromatic nitrogens is 1. The Kier molecular flexibility index (Phi) is 9.26. The number of anilines is 1. The number of hydrogen-bond donors (Lipinski definition) is 2. The van der Waals surface area contributed by atoms with E-state index in [1.54, 1.807) is 18.6 Å². The molecule has 0 saturated carbocycles. The molecule has 2 heterocycles. The maximum atomic E-state index is 12.5. The average molecular weight is 414 g/mol. The number of carbonyl (C=O) groups excluding carboxylic acids is 1. The van der Waals surface area contributed by atoms with E-state index in [-0.39, 0.29) is 63.3 Å². The summed E-state index contributed by atoms with van der Waals surface area (Å²) in [5.74, 6) is -0.166. The largest absolute Gasteiger partial charge is 1.00 e. The minimum Gasteiger partial charge on any atom is -0.560 e. The second-order valence-electron chi connectivity index (χ2n) is 6.63. The topological polar surface area (TPSA) is 69.4 Å². The van der Waals surface area contributed by atoms with Crippen molar-refractivity contribution in [1.29, 1.82) is 0 Å². The number of aryl methyl sites for hydroxylation is 1. The molecule has 1 aliphatic rings. The quantitative estimate of drug-likeness (QED) is 0.294. The molecule has 1 amide bonds. The first kappa shape index (κ1) is 23.5. The van der Waals surface area contributed by atoms with Gasteiger partial charge in [-0.15, -0.1) is 6.20 Å². The van der Waals surface area contributed by atoms with Crippen LogP contribution < -0.4 is 62.0 Å². The first-order chi connectivity index (χ1) is 13.5. The van der Waals surface area contributed by atoms with Gasteiger partial charge in [0.15, 0.2) is 0 Å². The molecule has 0 bridgehead atoms. The summed E-state index contributed by atoms with van der Waals surface area (Å²) in [5, 5.41) is 6.10. The minimum absolute atomic E-state index is 0. The molecule has 144 valence electrons. The number of nitrogens with zero attached hydrogens (tertiary/aromatic N) is 3. The molecule has 1 aromatic heterocycles. The van der Waals surface area contributed by atoms with Crippen LogP contribution in [-0.4, -0.2) is 34.4 Å². The van der Waals surface area contributed by atoms with Crippen LogP contribution in [0.5, 0.6) is 0 Å². The fourth-order valence-electron chi connectivity index (χ4n) is 2.72. The monoisotopic (exact) mass is 413 g/mol. The Hall–Kier alpha value is -1.77. The van der Waals surface area contributed by atoms with Gasteiger partial charge in [0, 0.05) is 24.1 Å². The van der Waals surface area contributed by atoms with Crippen LogP contribution in [0.2, 0.25) is 0 Å².